The van der Waals surface area contributed by atoms with Crippen LogP contribution in [0, 0.1) is 11.8 Å². The molecule has 0 aliphatic rings. The normalized spacial score (nSPS) is 14.3. The second-order valence-electron chi connectivity index (χ2n) is 27.8. The van der Waals surface area contributed by atoms with E-state index in [1.165, 1.54) is 205 Å². The summed E-state index contributed by atoms with van der Waals surface area (Å²) >= 11 is 0. The van der Waals surface area contributed by atoms with Crippen LogP contribution in [0.4, 0.5) is 0 Å². The van der Waals surface area contributed by atoms with Crippen molar-refractivity contribution < 1.29 is 80.2 Å². The molecule has 558 valence electrons. The van der Waals surface area contributed by atoms with Crippen molar-refractivity contribution in [2.24, 2.45) is 11.8 Å². The summed E-state index contributed by atoms with van der Waals surface area (Å²) in [4.78, 5) is 72.8. The van der Waals surface area contributed by atoms with Crippen LogP contribution in [0.5, 0.6) is 0 Å². The van der Waals surface area contributed by atoms with Crippen LogP contribution in [-0.4, -0.2) is 96.7 Å². The van der Waals surface area contributed by atoms with Crippen molar-refractivity contribution in [3.05, 3.63) is 0 Å². The molecular weight excluding hydrogens is 1230 g/mol. The number of hydrogen-bond donors (Lipinski definition) is 3. The molecule has 0 aromatic heterocycles. The quantitative estimate of drug-likeness (QED) is 0.0222. The van der Waals surface area contributed by atoms with Crippen LogP contribution in [-0.2, 0) is 65.4 Å². The van der Waals surface area contributed by atoms with E-state index in [2.05, 4.69) is 41.5 Å². The lowest BCUT2D eigenvalue weighted by Gasteiger charge is -2.21. The first-order valence-electron chi connectivity index (χ1n) is 39.0. The van der Waals surface area contributed by atoms with Crippen LogP contribution >= 0.6 is 15.6 Å². The molecule has 17 nitrogen and oxygen atoms in total. The van der Waals surface area contributed by atoms with Crippen molar-refractivity contribution in [1.29, 1.82) is 0 Å². The standard InChI is InChI=1S/C75H146O17P2/c1-7-10-12-14-16-18-20-22-23-24-25-27-35-41-47-53-59-74(79)91-70(63-86-73(78)58-52-46-40-34-29-28-32-38-44-50-56-68(6)9-3)65-89-93(81,82)87-61-69(76)62-88-94(83,84)90-66-71(92-75(80)60-54-48-42-36-30-31-37-43-49-55-67(4)5)64-85-72(77)57-51-45-39-33-26-21-19-17-15-13-11-8-2/h67-71,76H,7-66H2,1-6H3,(H,81,82)(H,83,84)/t68?,69-,70-,71-/m1/s1. The highest BCUT2D eigenvalue weighted by molar-refractivity contribution is 7.47. The van der Waals surface area contributed by atoms with Gasteiger partial charge < -0.3 is 33.8 Å². The lowest BCUT2D eigenvalue weighted by Crippen LogP contribution is -2.30. The molecule has 0 fully saturated rings. The second kappa shape index (κ2) is 66.9. The smallest absolute Gasteiger partial charge is 0.462 e. The summed E-state index contributed by atoms with van der Waals surface area (Å²) in [6.07, 6.45) is 53.9. The molecule has 3 N–H and O–H groups in total. The summed E-state index contributed by atoms with van der Waals surface area (Å²) in [5.41, 5.74) is 0. The van der Waals surface area contributed by atoms with Gasteiger partial charge in [0.1, 0.15) is 19.3 Å². The van der Waals surface area contributed by atoms with Gasteiger partial charge in [0.05, 0.1) is 26.4 Å². The van der Waals surface area contributed by atoms with Gasteiger partial charge in [-0.2, -0.15) is 0 Å². The fourth-order valence-corrected chi connectivity index (χ4v) is 13.0. The van der Waals surface area contributed by atoms with Crippen molar-refractivity contribution in [2.75, 3.05) is 39.6 Å². The van der Waals surface area contributed by atoms with Gasteiger partial charge in [0.2, 0.25) is 0 Å². The minimum atomic E-state index is -4.96. The molecule has 0 rings (SSSR count). The van der Waals surface area contributed by atoms with Gasteiger partial charge in [-0.05, 0) is 37.5 Å². The molecule has 0 amide bonds. The fourth-order valence-electron chi connectivity index (χ4n) is 11.4. The fraction of sp³-hybridized carbons (Fsp3) is 0.947. The largest absolute Gasteiger partial charge is 0.472 e. The molecule has 0 saturated heterocycles. The number of carbonyl (C=O) groups excluding carboxylic acids is 4. The lowest BCUT2D eigenvalue weighted by molar-refractivity contribution is -0.161. The monoisotopic (exact) mass is 1380 g/mol. The van der Waals surface area contributed by atoms with E-state index in [1.807, 2.05) is 0 Å². The number of unbranched alkanes of at least 4 members (excludes halogenated alkanes) is 43. The highest BCUT2D eigenvalue weighted by Gasteiger charge is 2.30. The van der Waals surface area contributed by atoms with E-state index in [-0.39, 0.29) is 25.7 Å². The summed E-state index contributed by atoms with van der Waals surface area (Å²) in [5, 5.41) is 10.6. The number of aliphatic hydroxyl groups is 1. The minimum absolute atomic E-state index is 0.106. The number of aliphatic hydroxyl groups excluding tert-OH is 1. The van der Waals surface area contributed by atoms with E-state index < -0.39 is 97.5 Å². The van der Waals surface area contributed by atoms with Gasteiger partial charge in [-0.1, -0.05) is 337 Å². The number of rotatable bonds is 74. The predicted molar refractivity (Wildman–Crippen MR) is 381 cm³/mol. The summed E-state index contributed by atoms with van der Waals surface area (Å²) < 4.78 is 68.5. The van der Waals surface area contributed by atoms with Gasteiger partial charge in [-0.25, -0.2) is 9.13 Å². The molecule has 0 aromatic rings. The highest BCUT2D eigenvalue weighted by atomic mass is 31.2. The molecule has 0 radical (unpaired) electrons. The Balaban J connectivity index is 5.26. The number of phosphoric ester groups is 2. The molecule has 19 heteroatoms. The van der Waals surface area contributed by atoms with Crippen molar-refractivity contribution >= 4 is 39.5 Å². The summed E-state index contributed by atoms with van der Waals surface area (Å²) in [6.45, 7) is 9.60. The predicted octanol–water partition coefficient (Wildman–Crippen LogP) is 21.9. The maximum atomic E-state index is 13.1. The molecule has 6 atom stereocenters. The van der Waals surface area contributed by atoms with E-state index >= 15 is 0 Å². The minimum Gasteiger partial charge on any atom is -0.462 e. The highest BCUT2D eigenvalue weighted by Crippen LogP contribution is 2.45. The van der Waals surface area contributed by atoms with E-state index in [0.717, 1.165) is 102 Å². The molecule has 0 aromatic carbocycles. The second-order valence-corrected chi connectivity index (χ2v) is 30.7. The summed E-state index contributed by atoms with van der Waals surface area (Å²) in [5.74, 6) is -0.569. The average molecular weight is 1380 g/mol. The van der Waals surface area contributed by atoms with Crippen LogP contribution in [0.2, 0.25) is 0 Å². The third-order valence-corrected chi connectivity index (χ3v) is 19.7. The zero-order valence-electron chi connectivity index (χ0n) is 61.3. The Morgan fingerprint density at radius 2 is 0.543 bits per heavy atom. The Labute approximate surface area is 575 Å². The van der Waals surface area contributed by atoms with Gasteiger partial charge in [-0.3, -0.25) is 37.3 Å². The number of esters is 4. The zero-order valence-corrected chi connectivity index (χ0v) is 63.1. The van der Waals surface area contributed by atoms with Crippen molar-refractivity contribution in [3.63, 3.8) is 0 Å². The molecule has 0 aliphatic heterocycles. The van der Waals surface area contributed by atoms with E-state index in [4.69, 9.17) is 37.0 Å². The number of hydrogen-bond acceptors (Lipinski definition) is 15. The van der Waals surface area contributed by atoms with Gasteiger partial charge in [0.15, 0.2) is 12.2 Å². The summed E-state index contributed by atoms with van der Waals surface area (Å²) in [6, 6.07) is 0. The first kappa shape index (κ1) is 92.1. The molecule has 0 bridgehead atoms. The topological polar surface area (TPSA) is 237 Å². The zero-order chi connectivity index (χ0) is 69.3. The van der Waals surface area contributed by atoms with Gasteiger partial charge in [-0.15, -0.1) is 0 Å². The Bertz CT molecular complexity index is 1820. The molecule has 0 heterocycles. The summed E-state index contributed by atoms with van der Waals surface area (Å²) in [7, 11) is -9.91. The van der Waals surface area contributed by atoms with Crippen LogP contribution in [0.3, 0.4) is 0 Å². The van der Waals surface area contributed by atoms with Gasteiger partial charge >= 0.3 is 39.5 Å². The molecule has 0 saturated carbocycles. The van der Waals surface area contributed by atoms with Crippen LogP contribution in [0.25, 0.3) is 0 Å². The van der Waals surface area contributed by atoms with E-state index in [0.29, 0.717) is 25.7 Å². The first-order valence-corrected chi connectivity index (χ1v) is 42.0. The third-order valence-electron chi connectivity index (χ3n) is 17.8. The molecule has 94 heavy (non-hydrogen) atoms. The van der Waals surface area contributed by atoms with Gasteiger partial charge in [0, 0.05) is 25.7 Å². The Hall–Kier alpha value is -1.94. The van der Waals surface area contributed by atoms with E-state index in [9.17, 15) is 43.2 Å². The third kappa shape index (κ3) is 67.3. The number of carbonyl (C=O) groups is 4. The SMILES string of the molecule is CCCCCCCCCCCCCCCCCCC(=O)O[C@H](COC(=O)CCCCCCCCCCCCC(C)CC)COP(=O)(O)OC[C@@H](O)COP(=O)(O)OC[C@@H](COC(=O)CCCCCCCCCCCCCC)OC(=O)CCCCCCCCCCCC(C)C. The van der Waals surface area contributed by atoms with Crippen molar-refractivity contribution in [2.45, 2.75) is 407 Å². The van der Waals surface area contributed by atoms with Crippen LogP contribution in [0.15, 0.2) is 0 Å². The maximum Gasteiger partial charge on any atom is 0.472 e. The van der Waals surface area contributed by atoms with Gasteiger partial charge in [0.25, 0.3) is 0 Å². The molecule has 0 spiro atoms. The van der Waals surface area contributed by atoms with E-state index in [1.54, 1.807) is 0 Å². The average Bonchev–Trinajstić information content (AvgIpc) is 2.66. The van der Waals surface area contributed by atoms with Crippen LogP contribution < -0.4 is 0 Å². The molecule has 0 aliphatic carbocycles. The lowest BCUT2D eigenvalue weighted by atomic mass is 9.99. The first-order chi connectivity index (χ1) is 45.4. The van der Waals surface area contributed by atoms with Crippen molar-refractivity contribution in [3.8, 4) is 0 Å². The Kier molecular flexibility index (Phi) is 65.5. The number of phosphoric acid groups is 2. The van der Waals surface area contributed by atoms with Crippen LogP contribution in [0.1, 0.15) is 388 Å². The Morgan fingerprint density at radius 1 is 0.309 bits per heavy atom. The molecular formula is C75H146O17P2. The number of ether oxygens (including phenoxy) is 4. The Morgan fingerprint density at radius 3 is 0.809 bits per heavy atom. The van der Waals surface area contributed by atoms with Crippen molar-refractivity contribution in [1.82, 2.24) is 0 Å². The molecule has 3 unspecified atom stereocenters. The maximum absolute atomic E-state index is 13.1.